The molecule has 2 aromatic carbocycles. The van der Waals surface area contributed by atoms with E-state index in [4.69, 9.17) is 21.1 Å². The number of hydrogen-bond acceptors (Lipinski definition) is 4. The molecule has 1 aliphatic rings. The normalized spacial score (nSPS) is 15.1. The molecular weight excluding hydrogens is 348 g/mol. The molecule has 140 valence electrons. The van der Waals surface area contributed by atoms with E-state index < -0.39 is 0 Å². The van der Waals surface area contributed by atoms with E-state index in [1.807, 2.05) is 36.4 Å². The van der Waals surface area contributed by atoms with Gasteiger partial charge >= 0.3 is 0 Å². The second-order valence-corrected chi connectivity index (χ2v) is 6.92. The molecule has 1 N–H and O–H groups in total. The smallest absolute Gasteiger partial charge is 0.120 e. The molecule has 0 unspecified atom stereocenters. The highest BCUT2D eigenvalue weighted by Gasteiger charge is 2.09. The monoisotopic (exact) mass is 374 g/mol. The molecule has 0 spiro atoms. The maximum Gasteiger partial charge on any atom is 0.120 e. The Hall–Kier alpha value is -1.59. The van der Waals surface area contributed by atoms with Gasteiger partial charge in [0.2, 0.25) is 0 Å². The van der Waals surface area contributed by atoms with Crippen molar-refractivity contribution in [3.05, 3.63) is 64.7 Å². The van der Waals surface area contributed by atoms with Gasteiger partial charge in [-0.15, -0.1) is 0 Å². The maximum absolute atomic E-state index is 6.18. The number of nitrogens with one attached hydrogen (secondary N) is 1. The molecule has 1 aliphatic heterocycles. The summed E-state index contributed by atoms with van der Waals surface area (Å²) in [4.78, 5) is 2.47. The largest absolute Gasteiger partial charge is 0.489 e. The van der Waals surface area contributed by atoms with Gasteiger partial charge in [0, 0.05) is 30.2 Å². The third-order valence-electron chi connectivity index (χ3n) is 4.51. The van der Waals surface area contributed by atoms with Crippen LogP contribution in [0.2, 0.25) is 5.02 Å². The van der Waals surface area contributed by atoms with E-state index in [0.717, 1.165) is 68.7 Å². The van der Waals surface area contributed by atoms with Crippen molar-refractivity contribution in [2.75, 3.05) is 39.4 Å². The summed E-state index contributed by atoms with van der Waals surface area (Å²) in [6.45, 7) is 7.35. The summed E-state index contributed by atoms with van der Waals surface area (Å²) in [6.07, 6.45) is 1.16. The highest BCUT2D eigenvalue weighted by atomic mass is 35.5. The summed E-state index contributed by atoms with van der Waals surface area (Å²) < 4.78 is 11.3. The van der Waals surface area contributed by atoms with E-state index in [9.17, 15) is 0 Å². The molecule has 0 atom stereocenters. The minimum absolute atomic E-state index is 0.482. The Morgan fingerprint density at radius 2 is 1.92 bits per heavy atom. The molecule has 0 radical (unpaired) electrons. The van der Waals surface area contributed by atoms with Gasteiger partial charge in [-0.2, -0.15) is 0 Å². The molecule has 1 fully saturated rings. The Bertz CT molecular complexity index is 675. The highest BCUT2D eigenvalue weighted by Crippen LogP contribution is 2.19. The van der Waals surface area contributed by atoms with Crippen LogP contribution >= 0.6 is 11.6 Å². The minimum Gasteiger partial charge on any atom is -0.489 e. The molecule has 1 saturated heterocycles. The first-order valence-corrected chi connectivity index (χ1v) is 9.65. The van der Waals surface area contributed by atoms with E-state index in [-0.39, 0.29) is 0 Å². The average molecular weight is 375 g/mol. The molecule has 4 nitrogen and oxygen atoms in total. The summed E-state index contributed by atoms with van der Waals surface area (Å²) in [5, 5.41) is 4.26. The minimum atomic E-state index is 0.482. The van der Waals surface area contributed by atoms with Crippen molar-refractivity contribution in [2.45, 2.75) is 19.6 Å². The lowest BCUT2D eigenvalue weighted by molar-refractivity contribution is 0.0374. The zero-order chi connectivity index (χ0) is 18.0. The van der Waals surface area contributed by atoms with Crippen LogP contribution in [0.15, 0.2) is 48.5 Å². The Labute approximate surface area is 161 Å². The van der Waals surface area contributed by atoms with Gasteiger partial charge in [0.1, 0.15) is 12.4 Å². The van der Waals surface area contributed by atoms with Crippen LogP contribution in [-0.2, 0) is 17.9 Å². The van der Waals surface area contributed by atoms with Crippen molar-refractivity contribution in [1.82, 2.24) is 10.2 Å². The Morgan fingerprint density at radius 1 is 1.08 bits per heavy atom. The van der Waals surface area contributed by atoms with E-state index in [2.05, 4.69) is 22.3 Å². The third-order valence-corrected chi connectivity index (χ3v) is 4.88. The number of rotatable bonds is 9. The molecule has 0 aliphatic carbocycles. The fraction of sp³-hybridized carbons (Fsp3) is 0.429. The summed E-state index contributed by atoms with van der Waals surface area (Å²) in [5.41, 5.74) is 2.23. The van der Waals surface area contributed by atoms with Gasteiger partial charge in [-0.3, -0.25) is 4.90 Å². The molecule has 0 amide bonds. The molecule has 0 aromatic heterocycles. The van der Waals surface area contributed by atoms with Crippen LogP contribution in [-0.4, -0.2) is 44.3 Å². The number of halogens is 1. The van der Waals surface area contributed by atoms with Crippen LogP contribution in [0.1, 0.15) is 17.5 Å². The van der Waals surface area contributed by atoms with Crippen molar-refractivity contribution in [1.29, 1.82) is 0 Å². The third kappa shape index (κ3) is 6.29. The summed E-state index contributed by atoms with van der Waals surface area (Å²) in [7, 11) is 0. The van der Waals surface area contributed by atoms with Crippen molar-refractivity contribution >= 4 is 11.6 Å². The van der Waals surface area contributed by atoms with Crippen molar-refractivity contribution in [3.8, 4) is 5.75 Å². The van der Waals surface area contributed by atoms with Gasteiger partial charge in [-0.1, -0.05) is 41.9 Å². The van der Waals surface area contributed by atoms with E-state index in [1.165, 1.54) is 5.56 Å². The van der Waals surface area contributed by atoms with Gasteiger partial charge in [-0.05, 0) is 43.3 Å². The summed E-state index contributed by atoms with van der Waals surface area (Å²) in [6, 6.07) is 16.0. The number of ether oxygens (including phenoxy) is 2. The van der Waals surface area contributed by atoms with Crippen LogP contribution in [0.5, 0.6) is 5.75 Å². The predicted octanol–water partition coefficient (Wildman–Crippen LogP) is 3.73. The number of hydrogen-bond donors (Lipinski definition) is 1. The molecule has 26 heavy (non-hydrogen) atoms. The Morgan fingerprint density at radius 3 is 2.77 bits per heavy atom. The number of morpholine rings is 1. The molecular formula is C21H27ClN2O2. The molecule has 5 heteroatoms. The molecule has 0 saturated carbocycles. The first-order valence-electron chi connectivity index (χ1n) is 9.27. The lowest BCUT2D eigenvalue weighted by Gasteiger charge is -2.26. The van der Waals surface area contributed by atoms with Gasteiger partial charge in [-0.25, -0.2) is 0 Å². The van der Waals surface area contributed by atoms with E-state index >= 15 is 0 Å². The van der Waals surface area contributed by atoms with Crippen LogP contribution in [0.25, 0.3) is 0 Å². The van der Waals surface area contributed by atoms with Crippen molar-refractivity contribution in [2.24, 2.45) is 0 Å². The zero-order valence-electron chi connectivity index (χ0n) is 15.1. The molecule has 2 aromatic rings. The second kappa shape index (κ2) is 10.5. The fourth-order valence-electron chi connectivity index (χ4n) is 3.01. The van der Waals surface area contributed by atoms with Crippen molar-refractivity contribution < 1.29 is 9.47 Å². The summed E-state index contributed by atoms with van der Waals surface area (Å²) in [5.74, 6) is 0.873. The molecule has 0 bridgehead atoms. The molecule has 1 heterocycles. The van der Waals surface area contributed by atoms with Crippen LogP contribution in [0.3, 0.4) is 0 Å². The number of nitrogens with zero attached hydrogens (tertiary/aromatic N) is 1. The van der Waals surface area contributed by atoms with Gasteiger partial charge < -0.3 is 14.8 Å². The first kappa shape index (κ1) is 19.2. The maximum atomic E-state index is 6.18. The average Bonchev–Trinajstić information content (AvgIpc) is 2.68. The predicted molar refractivity (Wildman–Crippen MR) is 106 cm³/mol. The fourth-order valence-corrected chi connectivity index (χ4v) is 3.20. The van der Waals surface area contributed by atoms with Gasteiger partial charge in [0.25, 0.3) is 0 Å². The first-order chi connectivity index (χ1) is 12.8. The lowest BCUT2D eigenvalue weighted by Crippen LogP contribution is -2.37. The van der Waals surface area contributed by atoms with E-state index in [1.54, 1.807) is 0 Å². The topological polar surface area (TPSA) is 33.7 Å². The van der Waals surface area contributed by atoms with E-state index in [0.29, 0.717) is 6.61 Å². The SMILES string of the molecule is Clc1ccccc1COc1cccc(CNCCCN2CCOCC2)c1. The van der Waals surface area contributed by atoms with Gasteiger partial charge in [0.05, 0.1) is 13.2 Å². The quantitative estimate of drug-likeness (QED) is 0.678. The second-order valence-electron chi connectivity index (χ2n) is 6.51. The van der Waals surface area contributed by atoms with Crippen LogP contribution < -0.4 is 10.1 Å². The highest BCUT2D eigenvalue weighted by molar-refractivity contribution is 6.31. The lowest BCUT2D eigenvalue weighted by atomic mass is 10.2. The van der Waals surface area contributed by atoms with Crippen molar-refractivity contribution in [3.63, 3.8) is 0 Å². The Balaban J connectivity index is 1.37. The number of benzene rings is 2. The van der Waals surface area contributed by atoms with Crippen LogP contribution in [0.4, 0.5) is 0 Å². The summed E-state index contributed by atoms with van der Waals surface area (Å²) >= 11 is 6.18. The zero-order valence-corrected chi connectivity index (χ0v) is 15.9. The van der Waals surface area contributed by atoms with Crippen LogP contribution in [0, 0.1) is 0 Å². The Kier molecular flexibility index (Phi) is 7.77. The molecule has 3 rings (SSSR count). The van der Waals surface area contributed by atoms with Gasteiger partial charge in [0.15, 0.2) is 0 Å². The standard InChI is InChI=1S/C21H27ClN2O2/c22-21-8-2-1-6-19(21)17-26-20-7-3-5-18(15-20)16-23-9-4-10-24-11-13-25-14-12-24/h1-3,5-8,15,23H,4,9-14,16-17H2.